The number of aromatic hydroxyl groups is 1. The molecule has 7 nitrogen and oxygen atoms in total. The van der Waals surface area contributed by atoms with Crippen molar-refractivity contribution in [1.82, 2.24) is 20.6 Å². The molecule has 0 radical (unpaired) electrons. The standard InChI is InChI=1S/C38H32N4O3/c43-35-21-29(19-26-13-7-17-39-36(26)35)25-10-6-11-27(18-25)37(44)42-34(20-30-23-40-33-16-4-3-15-32(30)33)38(45)41-22-28-12-5-9-24-8-1-2-14-31(24)28/h2-7,9-19,21,23,34,40,43H,1,8,20,22H2,(H,41,45)(H,42,44). The number of nitrogens with zero attached hydrogens (tertiary/aromatic N) is 1. The topological polar surface area (TPSA) is 107 Å². The van der Waals surface area contributed by atoms with Crippen LogP contribution in [0.4, 0.5) is 0 Å². The lowest BCUT2D eigenvalue weighted by Crippen LogP contribution is -2.47. The van der Waals surface area contributed by atoms with Crippen molar-refractivity contribution in [2.24, 2.45) is 0 Å². The minimum atomic E-state index is -0.814. The Kier molecular flexibility index (Phi) is 7.57. The third-order valence-electron chi connectivity index (χ3n) is 8.47. The maximum Gasteiger partial charge on any atom is 0.251 e. The lowest BCUT2D eigenvalue weighted by atomic mass is 9.93. The Balaban J connectivity index is 1.15. The summed E-state index contributed by atoms with van der Waals surface area (Å²) >= 11 is 0. The number of phenolic OH excluding ortho intramolecular Hbond substituents is 1. The van der Waals surface area contributed by atoms with E-state index in [0.29, 0.717) is 24.0 Å². The number of H-pyrrole nitrogens is 1. The molecule has 0 saturated heterocycles. The molecule has 0 spiro atoms. The third kappa shape index (κ3) is 5.80. The van der Waals surface area contributed by atoms with Gasteiger partial charge in [0.25, 0.3) is 5.91 Å². The lowest BCUT2D eigenvalue weighted by Gasteiger charge is -2.20. The number of aryl methyl sites for hydroxylation is 1. The Hall–Kier alpha value is -5.69. The van der Waals surface area contributed by atoms with Gasteiger partial charge in [-0.2, -0.15) is 0 Å². The Bertz CT molecular complexity index is 2090. The number of carbonyl (C=O) groups is 2. The number of allylic oxidation sites excluding steroid dienone is 1. The van der Waals surface area contributed by atoms with E-state index in [9.17, 15) is 14.7 Å². The first-order valence-electron chi connectivity index (χ1n) is 15.1. The number of rotatable bonds is 8. The van der Waals surface area contributed by atoms with Crippen LogP contribution in [0.15, 0.2) is 109 Å². The molecule has 0 aliphatic heterocycles. The fraction of sp³-hybridized carbons (Fsp3) is 0.132. The predicted molar refractivity (Wildman–Crippen MR) is 178 cm³/mol. The second kappa shape index (κ2) is 12.1. The average Bonchev–Trinajstić information content (AvgIpc) is 3.49. The molecule has 4 N–H and O–H groups in total. The molecule has 1 atom stereocenters. The molecule has 2 heterocycles. The van der Waals surface area contributed by atoms with Gasteiger partial charge in [0.05, 0.1) is 0 Å². The van der Waals surface area contributed by atoms with E-state index in [1.807, 2.05) is 66.9 Å². The van der Waals surface area contributed by atoms with E-state index in [1.54, 1.807) is 30.5 Å². The van der Waals surface area contributed by atoms with Gasteiger partial charge in [0.2, 0.25) is 5.91 Å². The van der Waals surface area contributed by atoms with Crippen molar-refractivity contribution < 1.29 is 14.7 Å². The summed E-state index contributed by atoms with van der Waals surface area (Å²) in [5, 5.41) is 18.5. The van der Waals surface area contributed by atoms with Gasteiger partial charge in [0, 0.05) is 47.2 Å². The number of fused-ring (bicyclic) bond motifs is 3. The van der Waals surface area contributed by atoms with Crippen molar-refractivity contribution in [3.8, 4) is 16.9 Å². The largest absolute Gasteiger partial charge is 0.506 e. The molecule has 0 saturated carbocycles. The summed E-state index contributed by atoms with van der Waals surface area (Å²) in [7, 11) is 0. The summed E-state index contributed by atoms with van der Waals surface area (Å²) in [6.45, 7) is 0.363. The number of amides is 2. The van der Waals surface area contributed by atoms with Crippen LogP contribution in [0.25, 0.3) is 39.0 Å². The van der Waals surface area contributed by atoms with Gasteiger partial charge in [-0.3, -0.25) is 14.6 Å². The van der Waals surface area contributed by atoms with E-state index < -0.39 is 6.04 Å². The number of aromatic amines is 1. The Morgan fingerprint density at radius 1 is 0.911 bits per heavy atom. The van der Waals surface area contributed by atoms with Crippen LogP contribution in [-0.2, 0) is 24.2 Å². The van der Waals surface area contributed by atoms with Crippen LogP contribution >= 0.6 is 0 Å². The number of hydrogen-bond acceptors (Lipinski definition) is 4. The highest BCUT2D eigenvalue weighted by atomic mass is 16.3. The second-order valence-corrected chi connectivity index (χ2v) is 11.4. The van der Waals surface area contributed by atoms with Gasteiger partial charge in [-0.25, -0.2) is 0 Å². The number of phenols is 1. The molecule has 1 unspecified atom stereocenters. The van der Waals surface area contributed by atoms with Crippen molar-refractivity contribution in [2.75, 3.05) is 0 Å². The van der Waals surface area contributed by atoms with Crippen LogP contribution in [0.1, 0.15) is 39.0 Å². The zero-order chi connectivity index (χ0) is 30.8. The number of hydrogen-bond donors (Lipinski definition) is 4. The maximum absolute atomic E-state index is 13.8. The number of carbonyl (C=O) groups excluding carboxylic acids is 2. The monoisotopic (exact) mass is 592 g/mol. The minimum absolute atomic E-state index is 0.0728. The minimum Gasteiger partial charge on any atom is -0.506 e. The molecule has 7 rings (SSSR count). The molecule has 6 aromatic rings. The van der Waals surface area contributed by atoms with Crippen molar-refractivity contribution in [3.63, 3.8) is 0 Å². The predicted octanol–water partition coefficient (Wildman–Crippen LogP) is 6.71. The molecule has 4 aromatic carbocycles. The van der Waals surface area contributed by atoms with Gasteiger partial charge in [-0.05, 0) is 82.6 Å². The van der Waals surface area contributed by atoms with Crippen LogP contribution in [0.5, 0.6) is 5.75 Å². The van der Waals surface area contributed by atoms with Crippen LogP contribution in [0.3, 0.4) is 0 Å². The molecular weight excluding hydrogens is 560 g/mol. The van der Waals surface area contributed by atoms with Crippen molar-refractivity contribution in [3.05, 3.63) is 137 Å². The summed E-state index contributed by atoms with van der Waals surface area (Å²) in [4.78, 5) is 35.0. The number of nitrogens with one attached hydrogen (secondary N) is 3. The van der Waals surface area contributed by atoms with E-state index in [-0.39, 0.29) is 17.6 Å². The zero-order valence-corrected chi connectivity index (χ0v) is 24.6. The van der Waals surface area contributed by atoms with Gasteiger partial charge >= 0.3 is 0 Å². The maximum atomic E-state index is 13.8. The molecule has 1 aliphatic carbocycles. The molecule has 0 bridgehead atoms. The zero-order valence-electron chi connectivity index (χ0n) is 24.6. The highest BCUT2D eigenvalue weighted by Gasteiger charge is 2.24. The van der Waals surface area contributed by atoms with Gasteiger partial charge in [-0.1, -0.05) is 66.7 Å². The second-order valence-electron chi connectivity index (χ2n) is 11.4. The quantitative estimate of drug-likeness (QED) is 0.158. The summed E-state index contributed by atoms with van der Waals surface area (Å²) in [5.41, 5.74) is 7.87. The van der Waals surface area contributed by atoms with Crippen LogP contribution < -0.4 is 10.6 Å². The SMILES string of the molecule is O=C(NC(Cc1c[nH]c2ccccc12)C(=O)NCc1cccc2c1C=CCC2)c1cccc(-c2cc(O)c3ncccc3c2)c1. The van der Waals surface area contributed by atoms with Crippen LogP contribution in [0.2, 0.25) is 0 Å². The number of aromatic nitrogens is 2. The molecule has 2 amide bonds. The van der Waals surface area contributed by atoms with E-state index in [0.717, 1.165) is 56.9 Å². The third-order valence-corrected chi connectivity index (χ3v) is 8.47. The van der Waals surface area contributed by atoms with Gasteiger partial charge in [0.1, 0.15) is 17.3 Å². The first kappa shape index (κ1) is 28.1. The van der Waals surface area contributed by atoms with E-state index >= 15 is 0 Å². The van der Waals surface area contributed by atoms with Gasteiger partial charge in [-0.15, -0.1) is 0 Å². The van der Waals surface area contributed by atoms with Crippen molar-refractivity contribution in [1.29, 1.82) is 0 Å². The Morgan fingerprint density at radius 2 is 1.80 bits per heavy atom. The average molecular weight is 593 g/mol. The molecule has 7 heteroatoms. The number of pyridine rings is 1. The first-order chi connectivity index (χ1) is 22.0. The number of benzene rings is 4. The van der Waals surface area contributed by atoms with E-state index in [2.05, 4.69) is 38.8 Å². The van der Waals surface area contributed by atoms with Crippen molar-refractivity contribution >= 4 is 39.7 Å². The van der Waals surface area contributed by atoms with E-state index in [4.69, 9.17) is 0 Å². The highest BCUT2D eigenvalue weighted by Crippen LogP contribution is 2.31. The fourth-order valence-electron chi connectivity index (χ4n) is 6.15. The van der Waals surface area contributed by atoms with E-state index in [1.165, 1.54) is 5.56 Å². The molecule has 2 aromatic heterocycles. The summed E-state index contributed by atoms with van der Waals surface area (Å²) < 4.78 is 0. The summed E-state index contributed by atoms with van der Waals surface area (Å²) in [5.74, 6) is -0.540. The smallest absolute Gasteiger partial charge is 0.251 e. The Labute approximate surface area is 260 Å². The molecule has 1 aliphatic rings. The van der Waals surface area contributed by atoms with Crippen LogP contribution in [-0.4, -0.2) is 32.9 Å². The molecular formula is C38H32N4O3. The molecule has 222 valence electrons. The summed E-state index contributed by atoms with van der Waals surface area (Å²) in [6, 6.07) is 27.8. The van der Waals surface area contributed by atoms with Gasteiger partial charge in [0.15, 0.2) is 0 Å². The molecule has 45 heavy (non-hydrogen) atoms. The Morgan fingerprint density at radius 3 is 2.73 bits per heavy atom. The first-order valence-corrected chi connectivity index (χ1v) is 15.1. The normalized spacial score (nSPS) is 13.0. The molecule has 0 fully saturated rings. The lowest BCUT2D eigenvalue weighted by molar-refractivity contribution is -0.123. The van der Waals surface area contributed by atoms with Crippen molar-refractivity contribution in [2.45, 2.75) is 31.8 Å². The fourth-order valence-corrected chi connectivity index (χ4v) is 6.15. The summed E-state index contributed by atoms with van der Waals surface area (Å²) in [6.07, 6.45) is 10.2. The number of para-hydroxylation sites is 1. The van der Waals surface area contributed by atoms with Gasteiger partial charge < -0.3 is 20.7 Å². The van der Waals surface area contributed by atoms with Crippen LogP contribution in [0, 0.1) is 0 Å². The highest BCUT2D eigenvalue weighted by molar-refractivity contribution is 5.99.